The summed E-state index contributed by atoms with van der Waals surface area (Å²) in [6.07, 6.45) is 4.23. The van der Waals surface area contributed by atoms with Crippen molar-refractivity contribution in [1.29, 1.82) is 0 Å². The molecule has 2 N–H and O–H groups in total. The fraction of sp³-hybridized carbons (Fsp3) is 0.800. The van der Waals surface area contributed by atoms with Crippen LogP contribution in [0.15, 0.2) is 12.4 Å². The van der Waals surface area contributed by atoms with E-state index < -0.39 is 0 Å². The number of nitrogens with one attached hydrogen (secondary N) is 1. The molecular formula is C10H21ClN2O3. The van der Waals surface area contributed by atoms with Crippen molar-refractivity contribution in [2.75, 3.05) is 53.3 Å². The predicted octanol–water partition coefficient (Wildman–Crippen LogP) is -4.73. The highest BCUT2D eigenvalue weighted by Crippen LogP contribution is 1.90. The van der Waals surface area contributed by atoms with E-state index in [9.17, 15) is 0 Å². The van der Waals surface area contributed by atoms with Gasteiger partial charge in [-0.3, -0.25) is 4.90 Å². The SMILES string of the molecule is C[NH+]1C=CN(CCOCCOCCO)C1.[Cl-]. The molecule has 0 saturated heterocycles. The number of nitrogens with zero attached hydrogens (tertiary/aromatic N) is 1. The summed E-state index contributed by atoms with van der Waals surface area (Å²) in [5.74, 6) is 0. The molecule has 6 heteroatoms. The van der Waals surface area contributed by atoms with Crippen LogP contribution in [0, 0.1) is 0 Å². The van der Waals surface area contributed by atoms with Gasteiger partial charge in [-0.25, -0.2) is 0 Å². The molecule has 0 saturated carbocycles. The van der Waals surface area contributed by atoms with Gasteiger partial charge in [0, 0.05) is 6.54 Å². The number of ether oxygens (including phenoxy) is 2. The van der Waals surface area contributed by atoms with E-state index in [4.69, 9.17) is 14.6 Å². The molecule has 1 heterocycles. The van der Waals surface area contributed by atoms with Gasteiger partial charge in [0.15, 0.2) is 6.67 Å². The molecule has 0 radical (unpaired) electrons. The normalized spacial score (nSPS) is 18.9. The Hall–Kier alpha value is -0.330. The second-order valence-electron chi connectivity index (χ2n) is 3.58. The first-order valence-corrected chi connectivity index (χ1v) is 5.34. The predicted molar refractivity (Wildman–Crippen MR) is 56.3 cm³/mol. The zero-order valence-corrected chi connectivity index (χ0v) is 10.4. The molecular weight excluding hydrogens is 232 g/mol. The molecule has 0 aromatic rings. The zero-order chi connectivity index (χ0) is 10.9. The van der Waals surface area contributed by atoms with Gasteiger partial charge in [0.05, 0.1) is 46.3 Å². The van der Waals surface area contributed by atoms with Crippen molar-refractivity contribution in [1.82, 2.24) is 4.90 Å². The molecule has 1 aliphatic heterocycles. The molecule has 0 spiro atoms. The highest BCUT2D eigenvalue weighted by Gasteiger charge is 2.11. The average Bonchev–Trinajstić information content (AvgIpc) is 2.63. The largest absolute Gasteiger partial charge is 1.00 e. The summed E-state index contributed by atoms with van der Waals surface area (Å²) >= 11 is 0. The number of aliphatic hydroxyl groups is 1. The second kappa shape index (κ2) is 9.86. The fourth-order valence-electron chi connectivity index (χ4n) is 1.38. The Bertz CT molecular complexity index is 193. The third-order valence-corrected chi connectivity index (χ3v) is 2.15. The van der Waals surface area contributed by atoms with Crippen molar-refractivity contribution < 1.29 is 31.9 Å². The van der Waals surface area contributed by atoms with Gasteiger partial charge in [-0.2, -0.15) is 0 Å². The van der Waals surface area contributed by atoms with Crippen molar-refractivity contribution in [3.05, 3.63) is 12.4 Å². The van der Waals surface area contributed by atoms with Crippen LogP contribution in [0.25, 0.3) is 0 Å². The Labute approximate surface area is 103 Å². The number of aliphatic hydroxyl groups excluding tert-OH is 1. The summed E-state index contributed by atoms with van der Waals surface area (Å²) in [6.45, 7) is 4.29. The number of halogens is 1. The Kier molecular flexibility index (Phi) is 9.66. The minimum Gasteiger partial charge on any atom is -1.00 e. The maximum atomic E-state index is 8.45. The van der Waals surface area contributed by atoms with Gasteiger partial charge in [-0.15, -0.1) is 0 Å². The summed E-state index contributed by atoms with van der Waals surface area (Å²) in [5, 5.41) is 8.45. The molecule has 0 bridgehead atoms. The number of hydrogen-bond acceptors (Lipinski definition) is 4. The van der Waals surface area contributed by atoms with E-state index in [1.54, 1.807) is 0 Å². The van der Waals surface area contributed by atoms with E-state index in [0.29, 0.717) is 19.8 Å². The lowest BCUT2D eigenvalue weighted by molar-refractivity contribution is -0.826. The molecule has 0 amide bonds. The topological polar surface area (TPSA) is 46.4 Å². The van der Waals surface area contributed by atoms with E-state index in [-0.39, 0.29) is 19.0 Å². The van der Waals surface area contributed by atoms with E-state index in [1.165, 1.54) is 4.90 Å². The van der Waals surface area contributed by atoms with Crippen LogP contribution in [0.4, 0.5) is 0 Å². The molecule has 0 aromatic carbocycles. The Balaban J connectivity index is 0.00000225. The third-order valence-electron chi connectivity index (χ3n) is 2.15. The van der Waals surface area contributed by atoms with Crippen molar-refractivity contribution in [3.63, 3.8) is 0 Å². The first-order valence-electron chi connectivity index (χ1n) is 5.34. The van der Waals surface area contributed by atoms with E-state index >= 15 is 0 Å². The Morgan fingerprint density at radius 1 is 1.25 bits per heavy atom. The standard InChI is InChI=1S/C10H20N2O3.ClH/c1-11-2-3-12(10-11)4-6-14-8-9-15-7-5-13;/h2-3,13H,4-10H2,1H3;1H. The molecule has 96 valence electrons. The van der Waals surface area contributed by atoms with E-state index in [0.717, 1.165) is 19.8 Å². The molecule has 0 aromatic heterocycles. The lowest BCUT2D eigenvalue weighted by Gasteiger charge is -2.14. The van der Waals surface area contributed by atoms with Gasteiger partial charge < -0.3 is 31.9 Å². The van der Waals surface area contributed by atoms with Crippen LogP contribution < -0.4 is 17.3 Å². The van der Waals surface area contributed by atoms with Crippen molar-refractivity contribution in [3.8, 4) is 0 Å². The quantitative estimate of drug-likeness (QED) is 0.426. The minimum atomic E-state index is 0. The maximum absolute atomic E-state index is 8.45. The first-order chi connectivity index (χ1) is 7.33. The second-order valence-corrected chi connectivity index (χ2v) is 3.58. The summed E-state index contributed by atoms with van der Waals surface area (Å²) < 4.78 is 10.5. The maximum Gasteiger partial charge on any atom is 0.156 e. The van der Waals surface area contributed by atoms with Gasteiger partial charge in [0.1, 0.15) is 6.20 Å². The average molecular weight is 253 g/mol. The van der Waals surface area contributed by atoms with Gasteiger partial charge in [-0.1, -0.05) is 0 Å². The highest BCUT2D eigenvalue weighted by molar-refractivity contribution is 4.76. The monoisotopic (exact) mass is 252 g/mol. The lowest BCUT2D eigenvalue weighted by atomic mass is 10.6. The van der Waals surface area contributed by atoms with Crippen molar-refractivity contribution >= 4 is 0 Å². The van der Waals surface area contributed by atoms with Crippen LogP contribution in [0.3, 0.4) is 0 Å². The van der Waals surface area contributed by atoms with Crippen molar-refractivity contribution in [2.24, 2.45) is 0 Å². The summed E-state index contributed by atoms with van der Waals surface area (Å²) in [5.41, 5.74) is 0. The van der Waals surface area contributed by atoms with E-state index in [1.807, 2.05) is 0 Å². The van der Waals surface area contributed by atoms with Crippen LogP contribution in [0.5, 0.6) is 0 Å². The van der Waals surface area contributed by atoms with Crippen LogP contribution >= 0.6 is 0 Å². The van der Waals surface area contributed by atoms with Crippen molar-refractivity contribution in [2.45, 2.75) is 0 Å². The van der Waals surface area contributed by atoms with E-state index in [2.05, 4.69) is 24.3 Å². The highest BCUT2D eigenvalue weighted by atomic mass is 35.5. The summed E-state index contributed by atoms with van der Waals surface area (Å²) in [6, 6.07) is 0. The molecule has 16 heavy (non-hydrogen) atoms. The van der Waals surface area contributed by atoms with Gasteiger partial charge in [0.25, 0.3) is 0 Å². The molecule has 1 rings (SSSR count). The molecule has 1 aliphatic rings. The lowest BCUT2D eigenvalue weighted by Crippen LogP contribution is -3.03. The van der Waals surface area contributed by atoms with Crippen LogP contribution in [-0.4, -0.2) is 63.3 Å². The molecule has 1 unspecified atom stereocenters. The van der Waals surface area contributed by atoms with Gasteiger partial charge >= 0.3 is 0 Å². The smallest absolute Gasteiger partial charge is 0.156 e. The molecule has 0 aliphatic carbocycles. The Morgan fingerprint density at radius 2 is 1.94 bits per heavy atom. The summed E-state index contributed by atoms with van der Waals surface area (Å²) in [7, 11) is 2.13. The third kappa shape index (κ3) is 7.03. The molecule has 1 atom stereocenters. The number of hydrogen-bond donors (Lipinski definition) is 2. The minimum absolute atomic E-state index is 0. The number of rotatable bonds is 8. The van der Waals surface area contributed by atoms with Crippen LogP contribution in [0.1, 0.15) is 0 Å². The van der Waals surface area contributed by atoms with Gasteiger partial charge in [0.2, 0.25) is 0 Å². The summed E-state index contributed by atoms with van der Waals surface area (Å²) in [4.78, 5) is 3.62. The Morgan fingerprint density at radius 3 is 2.50 bits per heavy atom. The van der Waals surface area contributed by atoms with Gasteiger partial charge in [-0.05, 0) is 0 Å². The number of quaternary nitrogens is 1. The zero-order valence-electron chi connectivity index (χ0n) is 9.69. The fourth-order valence-corrected chi connectivity index (χ4v) is 1.38. The molecule has 0 fully saturated rings. The van der Waals surface area contributed by atoms with Crippen LogP contribution in [0.2, 0.25) is 0 Å². The van der Waals surface area contributed by atoms with Crippen LogP contribution in [-0.2, 0) is 9.47 Å². The first kappa shape index (κ1) is 15.7. The molecule has 5 nitrogen and oxygen atoms in total.